The molecule has 0 aliphatic rings. The van der Waals surface area contributed by atoms with Gasteiger partial charge in [-0.05, 0) is 25.1 Å². The fourth-order valence-corrected chi connectivity index (χ4v) is 0.883. The number of hydrogen-bond donors (Lipinski definition) is 1. The zero-order valence-corrected chi connectivity index (χ0v) is 12.5. The van der Waals surface area contributed by atoms with E-state index in [1.807, 2.05) is 45.2 Å². The minimum Gasteiger partial charge on any atom is -0.346 e. The van der Waals surface area contributed by atoms with E-state index in [0.717, 1.165) is 11.0 Å². The van der Waals surface area contributed by atoms with E-state index < -0.39 is 0 Å². The average molecular weight is 374 g/mol. The number of hydrogen-bond acceptors (Lipinski definition) is 1. The number of fused-ring (bicyclic) bond motifs is 1. The molecule has 0 aromatic carbocycles. The standard InChI is InChI=1S/C7H6N2.C3H6.C2H6.W/c1-2-6-3-5-9-7(6)8-4-1;1-3-2;1-2;/h1-5H,(H,8,9);3H,1H2,2H3;1-2H3;. The smallest absolute Gasteiger partial charge is 0.137 e. The summed E-state index contributed by atoms with van der Waals surface area (Å²) >= 11 is 0. The first kappa shape index (κ1) is 16.5. The molecule has 2 heterocycles. The van der Waals surface area contributed by atoms with Crippen molar-refractivity contribution in [3.05, 3.63) is 43.2 Å². The molecule has 82 valence electrons. The Morgan fingerprint density at radius 3 is 2.47 bits per heavy atom. The largest absolute Gasteiger partial charge is 0.346 e. The molecule has 3 heteroatoms. The van der Waals surface area contributed by atoms with Crippen LogP contribution in [0.25, 0.3) is 11.0 Å². The first-order valence-corrected chi connectivity index (χ1v) is 4.83. The summed E-state index contributed by atoms with van der Waals surface area (Å²) in [6.07, 6.45) is 5.41. The number of allylic oxidation sites excluding steroid dienone is 1. The van der Waals surface area contributed by atoms with Crippen molar-refractivity contribution in [1.82, 2.24) is 9.97 Å². The molecule has 0 atom stereocenters. The third-order valence-electron chi connectivity index (χ3n) is 1.32. The maximum atomic E-state index is 4.09. The van der Waals surface area contributed by atoms with E-state index in [1.54, 1.807) is 12.3 Å². The van der Waals surface area contributed by atoms with Crippen LogP contribution in [0.5, 0.6) is 0 Å². The molecule has 0 radical (unpaired) electrons. The average Bonchev–Trinajstić information content (AvgIpc) is 2.69. The summed E-state index contributed by atoms with van der Waals surface area (Å²) in [6, 6.07) is 5.96. The van der Waals surface area contributed by atoms with Crippen LogP contribution in [-0.4, -0.2) is 9.97 Å². The minimum atomic E-state index is 0. The Bertz CT molecular complexity index is 325. The van der Waals surface area contributed by atoms with Gasteiger partial charge in [-0.2, -0.15) is 0 Å². The van der Waals surface area contributed by atoms with E-state index >= 15 is 0 Å². The number of aromatic amines is 1. The maximum Gasteiger partial charge on any atom is 0.137 e. The molecule has 0 bridgehead atoms. The summed E-state index contributed by atoms with van der Waals surface area (Å²) in [6.45, 7) is 9.25. The Labute approximate surface area is 106 Å². The van der Waals surface area contributed by atoms with Crippen LogP contribution < -0.4 is 0 Å². The summed E-state index contributed by atoms with van der Waals surface area (Å²) < 4.78 is 0. The van der Waals surface area contributed by atoms with Gasteiger partial charge in [-0.1, -0.05) is 19.9 Å². The maximum absolute atomic E-state index is 4.09. The SMILES string of the molecule is C=CC.CC.[W].c1cnc2[nH]ccc2c1. The van der Waals surface area contributed by atoms with Crippen molar-refractivity contribution in [3.8, 4) is 0 Å². The van der Waals surface area contributed by atoms with Crippen LogP contribution >= 0.6 is 0 Å². The molecule has 0 aliphatic heterocycles. The molecular weight excluding hydrogens is 356 g/mol. The molecule has 15 heavy (non-hydrogen) atoms. The minimum absolute atomic E-state index is 0. The van der Waals surface area contributed by atoms with Gasteiger partial charge in [-0.3, -0.25) is 0 Å². The van der Waals surface area contributed by atoms with Crippen molar-refractivity contribution in [3.63, 3.8) is 0 Å². The van der Waals surface area contributed by atoms with Crippen molar-refractivity contribution >= 4 is 11.0 Å². The van der Waals surface area contributed by atoms with E-state index in [9.17, 15) is 0 Å². The topological polar surface area (TPSA) is 28.7 Å². The van der Waals surface area contributed by atoms with Crippen LogP contribution in [0.3, 0.4) is 0 Å². The molecule has 2 aromatic rings. The summed E-state index contributed by atoms with van der Waals surface area (Å²) in [5.41, 5.74) is 0.956. The number of aromatic nitrogens is 2. The van der Waals surface area contributed by atoms with Crippen LogP contribution in [0, 0.1) is 0 Å². The molecule has 2 rings (SSSR count). The van der Waals surface area contributed by atoms with Crippen molar-refractivity contribution in [2.24, 2.45) is 0 Å². The quantitative estimate of drug-likeness (QED) is 0.699. The Balaban J connectivity index is 0. The second-order valence-corrected chi connectivity index (χ2v) is 2.33. The normalized spacial score (nSPS) is 7.40. The van der Waals surface area contributed by atoms with Gasteiger partial charge in [0.1, 0.15) is 5.65 Å². The van der Waals surface area contributed by atoms with Gasteiger partial charge in [0.15, 0.2) is 0 Å². The molecule has 0 aliphatic carbocycles. The summed E-state index contributed by atoms with van der Waals surface area (Å²) in [5, 5.41) is 1.16. The van der Waals surface area contributed by atoms with E-state index in [0.29, 0.717) is 0 Å². The summed E-state index contributed by atoms with van der Waals surface area (Å²) in [4.78, 5) is 7.09. The van der Waals surface area contributed by atoms with Gasteiger partial charge in [0.25, 0.3) is 0 Å². The number of pyridine rings is 1. The Kier molecular flexibility index (Phi) is 12.3. The van der Waals surface area contributed by atoms with Gasteiger partial charge in [0, 0.05) is 38.8 Å². The van der Waals surface area contributed by atoms with E-state index in [1.165, 1.54) is 0 Å². The number of H-pyrrole nitrogens is 1. The zero-order chi connectivity index (χ0) is 10.8. The molecule has 2 aromatic heterocycles. The van der Waals surface area contributed by atoms with Crippen molar-refractivity contribution < 1.29 is 21.1 Å². The monoisotopic (exact) mass is 374 g/mol. The zero-order valence-electron chi connectivity index (χ0n) is 9.53. The van der Waals surface area contributed by atoms with Gasteiger partial charge < -0.3 is 4.98 Å². The third kappa shape index (κ3) is 6.24. The summed E-state index contributed by atoms with van der Waals surface area (Å²) in [5.74, 6) is 0. The fourth-order valence-electron chi connectivity index (χ4n) is 0.883. The second kappa shape index (κ2) is 11.2. The van der Waals surface area contributed by atoms with Crippen molar-refractivity contribution in [2.75, 3.05) is 0 Å². The van der Waals surface area contributed by atoms with Crippen LogP contribution in [0.2, 0.25) is 0 Å². The van der Waals surface area contributed by atoms with Gasteiger partial charge in [0.2, 0.25) is 0 Å². The third-order valence-corrected chi connectivity index (χ3v) is 1.32. The Morgan fingerprint density at radius 1 is 1.33 bits per heavy atom. The molecule has 0 spiro atoms. The molecule has 0 saturated heterocycles. The van der Waals surface area contributed by atoms with Crippen LogP contribution in [-0.2, 0) is 21.1 Å². The molecule has 0 saturated carbocycles. The van der Waals surface area contributed by atoms with E-state index in [4.69, 9.17) is 0 Å². The molecule has 0 unspecified atom stereocenters. The predicted molar refractivity (Wildman–Crippen MR) is 63.3 cm³/mol. The predicted octanol–water partition coefficient (Wildman–Crippen LogP) is 3.78. The fraction of sp³-hybridized carbons (Fsp3) is 0.250. The van der Waals surface area contributed by atoms with Crippen LogP contribution in [0.4, 0.5) is 0 Å². The number of rotatable bonds is 0. The van der Waals surface area contributed by atoms with Crippen LogP contribution in [0.1, 0.15) is 20.8 Å². The van der Waals surface area contributed by atoms with Gasteiger partial charge in [-0.25, -0.2) is 4.98 Å². The molecule has 2 nitrogen and oxygen atoms in total. The molecule has 0 fully saturated rings. The van der Waals surface area contributed by atoms with Gasteiger partial charge in [-0.15, -0.1) is 6.58 Å². The molecule has 1 N–H and O–H groups in total. The first-order chi connectivity index (χ1) is 6.88. The molecular formula is C12H18N2W. The van der Waals surface area contributed by atoms with Gasteiger partial charge in [0.05, 0.1) is 0 Å². The van der Waals surface area contributed by atoms with Crippen molar-refractivity contribution in [1.29, 1.82) is 0 Å². The van der Waals surface area contributed by atoms with Gasteiger partial charge >= 0.3 is 0 Å². The van der Waals surface area contributed by atoms with Crippen LogP contribution in [0.15, 0.2) is 43.2 Å². The van der Waals surface area contributed by atoms with E-state index in [2.05, 4.69) is 16.5 Å². The second-order valence-electron chi connectivity index (χ2n) is 2.33. The summed E-state index contributed by atoms with van der Waals surface area (Å²) in [7, 11) is 0. The Morgan fingerprint density at radius 2 is 1.93 bits per heavy atom. The van der Waals surface area contributed by atoms with Crippen molar-refractivity contribution in [2.45, 2.75) is 20.8 Å². The number of nitrogens with one attached hydrogen (secondary N) is 1. The van der Waals surface area contributed by atoms with E-state index in [-0.39, 0.29) is 21.1 Å². The first-order valence-electron chi connectivity index (χ1n) is 4.83. The Hall–Kier alpha value is -0.882. The molecule has 0 amide bonds. The number of nitrogens with zero attached hydrogens (tertiary/aromatic N) is 1.